The van der Waals surface area contributed by atoms with E-state index in [4.69, 9.17) is 9.47 Å². The number of benzene rings is 1. The van der Waals surface area contributed by atoms with E-state index in [9.17, 15) is 14.7 Å². The molecule has 0 saturated heterocycles. The highest BCUT2D eigenvalue weighted by Crippen LogP contribution is 2.27. The molecule has 0 radical (unpaired) electrons. The smallest absolute Gasteiger partial charge is 0.321 e. The average molecular weight is 544 g/mol. The number of urea groups is 1. The lowest BCUT2D eigenvalue weighted by Gasteiger charge is -2.37. The van der Waals surface area contributed by atoms with Gasteiger partial charge < -0.3 is 29.7 Å². The predicted octanol–water partition coefficient (Wildman–Crippen LogP) is 3.27. The van der Waals surface area contributed by atoms with Crippen molar-refractivity contribution in [3.05, 3.63) is 77.7 Å². The number of hydrogen-bond acceptors (Lipinski definition) is 7. The molecule has 3 aromatic rings. The number of carbonyl (C=O) groups is 2. The minimum atomic E-state index is -0.485. The van der Waals surface area contributed by atoms with Crippen molar-refractivity contribution in [2.45, 2.75) is 26.0 Å². The van der Waals surface area contributed by atoms with Crippen molar-refractivity contribution in [3.8, 4) is 23.5 Å². The van der Waals surface area contributed by atoms with Gasteiger partial charge in [0.1, 0.15) is 17.4 Å². The van der Waals surface area contributed by atoms with Crippen molar-refractivity contribution in [1.82, 2.24) is 19.8 Å². The highest BCUT2D eigenvalue weighted by Gasteiger charge is 2.34. The highest BCUT2D eigenvalue weighted by molar-refractivity contribution is 5.97. The van der Waals surface area contributed by atoms with Crippen LogP contribution < -0.4 is 14.8 Å². The molecule has 0 bridgehead atoms. The maximum Gasteiger partial charge on any atom is 0.321 e. The normalized spacial score (nSPS) is 17.2. The molecule has 10 heteroatoms. The van der Waals surface area contributed by atoms with E-state index in [1.54, 1.807) is 81.0 Å². The molecule has 3 atom stereocenters. The predicted molar refractivity (Wildman–Crippen MR) is 150 cm³/mol. The summed E-state index contributed by atoms with van der Waals surface area (Å²) in [6, 6.07) is 11.6. The Bertz CT molecular complexity index is 1400. The van der Waals surface area contributed by atoms with Crippen LogP contribution in [0.4, 0.5) is 10.5 Å². The molecule has 0 spiro atoms. The number of nitrogens with zero attached hydrogens (tertiary/aromatic N) is 4. The number of pyridine rings is 2. The number of anilines is 1. The summed E-state index contributed by atoms with van der Waals surface area (Å²) in [4.78, 5) is 38.2. The molecular weight excluding hydrogens is 510 g/mol. The number of nitrogens with one attached hydrogen (secondary N) is 1. The van der Waals surface area contributed by atoms with Crippen LogP contribution in [-0.2, 0) is 0 Å². The van der Waals surface area contributed by atoms with Gasteiger partial charge in [0.15, 0.2) is 0 Å². The molecule has 0 fully saturated rings. The van der Waals surface area contributed by atoms with Gasteiger partial charge in [-0.25, -0.2) is 9.78 Å². The monoisotopic (exact) mass is 543 g/mol. The molecule has 10 nitrogen and oxygen atoms in total. The van der Waals surface area contributed by atoms with Gasteiger partial charge in [-0.2, -0.15) is 0 Å². The second-order valence-corrected chi connectivity index (χ2v) is 9.73. The number of rotatable bonds is 6. The lowest BCUT2D eigenvalue weighted by atomic mass is 10.00. The number of aromatic nitrogens is 2. The van der Waals surface area contributed by atoms with Gasteiger partial charge in [0.05, 0.1) is 26.3 Å². The number of ether oxygens (including phenoxy) is 2. The van der Waals surface area contributed by atoms with Gasteiger partial charge >= 0.3 is 6.03 Å². The first kappa shape index (κ1) is 28.4. The molecule has 3 amide bonds. The first-order valence-corrected chi connectivity index (χ1v) is 13.0. The van der Waals surface area contributed by atoms with Crippen molar-refractivity contribution in [2.24, 2.45) is 5.92 Å². The SMILES string of the molecule is COc1cccc(NC(=O)N(C)C[C@H]2Oc3ncc(C#Cc4cccnc4)cc3C(=O)N([C@H](C)CO)C[C@@H]2C)c1. The fraction of sp³-hybridized carbons (Fsp3) is 0.333. The number of aliphatic hydroxyl groups excluding tert-OH is 1. The van der Waals surface area contributed by atoms with Gasteiger partial charge in [-0.15, -0.1) is 0 Å². The number of fused-ring (bicyclic) bond motifs is 1. The maximum atomic E-state index is 13.6. The largest absolute Gasteiger partial charge is 0.497 e. The van der Waals surface area contributed by atoms with Crippen LogP contribution in [0.15, 0.2) is 61.1 Å². The van der Waals surface area contributed by atoms with Crippen molar-refractivity contribution >= 4 is 17.6 Å². The van der Waals surface area contributed by atoms with Crippen LogP contribution in [0.5, 0.6) is 11.6 Å². The third kappa shape index (κ3) is 6.87. The molecule has 208 valence electrons. The lowest BCUT2D eigenvalue weighted by Crippen LogP contribution is -2.50. The molecule has 1 aliphatic rings. The topological polar surface area (TPSA) is 117 Å². The zero-order valence-corrected chi connectivity index (χ0v) is 23.0. The van der Waals surface area contributed by atoms with E-state index in [0.29, 0.717) is 23.5 Å². The summed E-state index contributed by atoms with van der Waals surface area (Å²) >= 11 is 0. The molecular formula is C30H33N5O5. The van der Waals surface area contributed by atoms with Crippen LogP contribution in [0.25, 0.3) is 0 Å². The number of methoxy groups -OCH3 is 1. The fourth-order valence-corrected chi connectivity index (χ4v) is 4.24. The summed E-state index contributed by atoms with van der Waals surface area (Å²) < 4.78 is 11.5. The van der Waals surface area contributed by atoms with Crippen LogP contribution in [0.3, 0.4) is 0 Å². The van der Waals surface area contributed by atoms with Crippen molar-refractivity contribution < 1.29 is 24.2 Å². The van der Waals surface area contributed by atoms with Crippen LogP contribution in [0.2, 0.25) is 0 Å². The average Bonchev–Trinajstić information content (AvgIpc) is 2.98. The summed E-state index contributed by atoms with van der Waals surface area (Å²) in [5, 5.41) is 12.8. The van der Waals surface area contributed by atoms with Gasteiger partial charge in [-0.05, 0) is 37.3 Å². The molecule has 0 aliphatic carbocycles. The minimum absolute atomic E-state index is 0.158. The summed E-state index contributed by atoms with van der Waals surface area (Å²) in [5.74, 6) is 6.36. The molecule has 0 saturated carbocycles. The standard InChI is InChI=1S/C30H33N5O5/c1-20-17-35(21(2)19-36)29(37)26-13-23(11-10-22-7-6-12-31-15-22)16-32-28(26)40-27(20)18-34(3)30(38)33-24-8-5-9-25(14-24)39-4/h5-9,12-16,20-21,27,36H,17-19H2,1-4H3,(H,33,38)/t20-,21+,27+/m0/s1. The van der Waals surface area contributed by atoms with Crippen molar-refractivity contribution in [2.75, 3.05) is 39.2 Å². The quantitative estimate of drug-likeness (QED) is 0.459. The van der Waals surface area contributed by atoms with E-state index in [1.807, 2.05) is 13.0 Å². The molecule has 0 unspecified atom stereocenters. The lowest BCUT2D eigenvalue weighted by molar-refractivity contribution is 0.0356. The number of amides is 3. The van der Waals surface area contributed by atoms with Crippen molar-refractivity contribution in [3.63, 3.8) is 0 Å². The fourth-order valence-electron chi connectivity index (χ4n) is 4.24. The van der Waals surface area contributed by atoms with E-state index in [1.165, 1.54) is 4.90 Å². The van der Waals surface area contributed by atoms with Gasteiger partial charge in [0, 0.05) is 61.0 Å². The van der Waals surface area contributed by atoms with Gasteiger partial charge in [0.25, 0.3) is 5.91 Å². The molecule has 2 N–H and O–H groups in total. The molecule has 1 aromatic carbocycles. The number of carbonyl (C=O) groups excluding carboxylic acids is 2. The Hall–Kier alpha value is -4.62. The Kier molecular flexibility index (Phi) is 9.19. The molecule has 3 heterocycles. The third-order valence-electron chi connectivity index (χ3n) is 6.66. The van der Waals surface area contributed by atoms with Crippen LogP contribution >= 0.6 is 0 Å². The summed E-state index contributed by atoms with van der Waals surface area (Å²) in [5.41, 5.74) is 2.12. The zero-order valence-electron chi connectivity index (χ0n) is 23.0. The van der Waals surface area contributed by atoms with Crippen LogP contribution in [0.1, 0.15) is 35.3 Å². The first-order valence-electron chi connectivity index (χ1n) is 13.0. The summed E-state index contributed by atoms with van der Waals surface area (Å²) in [7, 11) is 3.24. The Labute approximate surface area is 234 Å². The molecule has 4 rings (SSSR count). The van der Waals surface area contributed by atoms with Crippen LogP contribution in [-0.4, -0.2) is 82.8 Å². The number of hydrogen-bond donors (Lipinski definition) is 2. The second-order valence-electron chi connectivity index (χ2n) is 9.73. The highest BCUT2D eigenvalue weighted by atomic mass is 16.5. The van der Waals surface area contributed by atoms with E-state index in [-0.39, 0.29) is 42.5 Å². The summed E-state index contributed by atoms with van der Waals surface area (Å²) in [6.45, 7) is 4.09. The van der Waals surface area contributed by atoms with E-state index in [2.05, 4.69) is 27.1 Å². The Balaban J connectivity index is 1.59. The Morgan fingerprint density at radius 3 is 2.77 bits per heavy atom. The first-order chi connectivity index (χ1) is 19.3. The Morgan fingerprint density at radius 1 is 1.25 bits per heavy atom. The number of likely N-dealkylation sites (N-methyl/N-ethyl adjacent to an activating group) is 1. The molecule has 2 aromatic heterocycles. The summed E-state index contributed by atoms with van der Waals surface area (Å²) in [6.07, 6.45) is 4.39. The second kappa shape index (κ2) is 13.0. The Morgan fingerprint density at radius 2 is 2.05 bits per heavy atom. The zero-order chi connectivity index (χ0) is 28.6. The molecule has 1 aliphatic heterocycles. The molecule has 40 heavy (non-hydrogen) atoms. The van der Waals surface area contributed by atoms with Crippen LogP contribution in [0, 0.1) is 17.8 Å². The van der Waals surface area contributed by atoms with Crippen molar-refractivity contribution in [1.29, 1.82) is 0 Å². The van der Waals surface area contributed by atoms with E-state index < -0.39 is 12.1 Å². The number of aliphatic hydroxyl groups is 1. The van der Waals surface area contributed by atoms with E-state index >= 15 is 0 Å². The minimum Gasteiger partial charge on any atom is -0.497 e. The van der Waals surface area contributed by atoms with Gasteiger partial charge in [0.2, 0.25) is 5.88 Å². The van der Waals surface area contributed by atoms with E-state index in [0.717, 1.165) is 5.56 Å². The van der Waals surface area contributed by atoms with Gasteiger partial charge in [-0.1, -0.05) is 24.8 Å². The maximum absolute atomic E-state index is 13.6. The van der Waals surface area contributed by atoms with Gasteiger partial charge in [-0.3, -0.25) is 9.78 Å². The third-order valence-corrected chi connectivity index (χ3v) is 6.66.